The van der Waals surface area contributed by atoms with E-state index in [1.54, 1.807) is 23.2 Å². The van der Waals surface area contributed by atoms with Crippen molar-refractivity contribution in [2.75, 3.05) is 63.1 Å². The van der Waals surface area contributed by atoms with E-state index in [1.807, 2.05) is 30.0 Å². The van der Waals surface area contributed by atoms with Crippen molar-refractivity contribution in [1.82, 2.24) is 19.8 Å². The second-order valence-corrected chi connectivity index (χ2v) is 12.5. The van der Waals surface area contributed by atoms with Crippen molar-refractivity contribution >= 4 is 52.6 Å². The van der Waals surface area contributed by atoms with E-state index in [-0.39, 0.29) is 34.6 Å². The molecular weight excluding hydrogens is 605 g/mol. The van der Waals surface area contributed by atoms with Crippen LogP contribution in [0.3, 0.4) is 0 Å². The summed E-state index contributed by atoms with van der Waals surface area (Å²) in [6.45, 7) is 1.88. The van der Waals surface area contributed by atoms with Crippen molar-refractivity contribution < 1.29 is 19.1 Å². The summed E-state index contributed by atoms with van der Waals surface area (Å²) in [5.41, 5.74) is 1.06. The average molecular weight is 647 g/mol. The third-order valence-corrected chi connectivity index (χ3v) is 9.20. The van der Waals surface area contributed by atoms with Crippen LogP contribution in [-0.2, 0) is 11.3 Å². The first-order chi connectivity index (χ1) is 21.2. The largest absolute Gasteiger partial charge is 0.495 e. The number of hydrogen-bond donors (Lipinski definition) is 1. The molecule has 2 fully saturated rings. The third kappa shape index (κ3) is 6.84. The van der Waals surface area contributed by atoms with E-state index >= 15 is 0 Å². The number of carbonyl (C=O) groups is 2. The van der Waals surface area contributed by atoms with E-state index in [9.17, 15) is 9.59 Å². The van der Waals surface area contributed by atoms with E-state index in [4.69, 9.17) is 37.7 Å². The van der Waals surface area contributed by atoms with Gasteiger partial charge in [-0.25, -0.2) is 9.78 Å². The summed E-state index contributed by atoms with van der Waals surface area (Å²) >= 11 is 13.6. The number of likely N-dealkylation sites (tertiary alicyclic amines) is 1. The molecule has 2 aromatic rings. The molecule has 0 bridgehead atoms. The molecule has 1 saturated heterocycles. The van der Waals surface area contributed by atoms with Gasteiger partial charge >= 0.3 is 6.03 Å². The molecule has 0 spiro atoms. The SMILES string of the molecule is COc1cc(OC)c(Cl)c(N2Cc3cnc(NC4CCCCC4)nc3N(C3CCN(C(=O)/C=C/CN(C)C)CC3)C2=O)c1Cl. The molecule has 3 heterocycles. The number of nitrogens with one attached hydrogen (secondary N) is 1. The first-order valence-corrected chi connectivity index (χ1v) is 15.9. The van der Waals surface area contributed by atoms with Crippen molar-refractivity contribution in [3.63, 3.8) is 0 Å². The lowest BCUT2D eigenvalue weighted by atomic mass is 9.96. The second kappa shape index (κ2) is 14.2. The van der Waals surface area contributed by atoms with E-state index in [1.165, 1.54) is 38.4 Å². The summed E-state index contributed by atoms with van der Waals surface area (Å²) in [7, 11) is 6.91. The molecule has 44 heavy (non-hydrogen) atoms. The quantitative estimate of drug-likeness (QED) is 0.352. The number of benzene rings is 1. The maximum atomic E-state index is 14.5. The van der Waals surface area contributed by atoms with E-state index in [2.05, 4.69) is 10.3 Å². The van der Waals surface area contributed by atoms with Crippen molar-refractivity contribution in [2.24, 2.45) is 0 Å². The minimum atomic E-state index is -0.311. The van der Waals surface area contributed by atoms with Crippen molar-refractivity contribution in [2.45, 2.75) is 63.6 Å². The maximum absolute atomic E-state index is 14.5. The number of amides is 3. The van der Waals surface area contributed by atoms with Gasteiger partial charge in [0.05, 0.1) is 26.5 Å². The van der Waals surface area contributed by atoms with Crippen molar-refractivity contribution in [3.05, 3.63) is 40.0 Å². The van der Waals surface area contributed by atoms with Crippen LogP contribution in [0.1, 0.15) is 50.5 Å². The molecule has 0 unspecified atom stereocenters. The van der Waals surface area contributed by atoms with Crippen molar-refractivity contribution in [3.8, 4) is 11.5 Å². The number of nitrogens with zero attached hydrogens (tertiary/aromatic N) is 6. The van der Waals surface area contributed by atoms with E-state index in [0.29, 0.717) is 67.5 Å². The van der Waals surface area contributed by atoms with Gasteiger partial charge in [0.15, 0.2) is 0 Å². The molecule has 0 radical (unpaired) electrons. The average Bonchev–Trinajstić information content (AvgIpc) is 3.02. The smallest absolute Gasteiger partial charge is 0.330 e. The van der Waals surface area contributed by atoms with Crippen LogP contribution in [0, 0.1) is 0 Å². The van der Waals surface area contributed by atoms with E-state index in [0.717, 1.165) is 18.4 Å². The van der Waals surface area contributed by atoms with Crippen LogP contribution >= 0.6 is 23.2 Å². The zero-order valence-electron chi connectivity index (χ0n) is 25.8. The maximum Gasteiger partial charge on any atom is 0.330 e. The normalized spacial score (nSPS) is 18.2. The molecule has 1 saturated carbocycles. The number of urea groups is 1. The predicted octanol–water partition coefficient (Wildman–Crippen LogP) is 5.60. The molecule has 1 N–H and O–H groups in total. The number of carbonyl (C=O) groups excluding carboxylic acids is 2. The van der Waals surface area contributed by atoms with Crippen LogP contribution < -0.4 is 24.6 Å². The number of piperidine rings is 1. The molecule has 238 valence electrons. The lowest BCUT2D eigenvalue weighted by Crippen LogP contribution is -2.55. The number of halogens is 2. The number of anilines is 3. The molecule has 1 aromatic heterocycles. The van der Waals surface area contributed by atoms with Gasteiger partial charge in [0.2, 0.25) is 11.9 Å². The zero-order valence-corrected chi connectivity index (χ0v) is 27.3. The Morgan fingerprint density at radius 1 is 1.07 bits per heavy atom. The van der Waals surface area contributed by atoms with Gasteiger partial charge in [-0.15, -0.1) is 0 Å². The number of rotatable bonds is 9. The standard InChI is InChI=1S/C31H41Cl2N7O4/c1-37(2)14-8-11-25(41)38-15-12-22(13-16-38)40-29-20(18-34-30(36-29)35-21-9-6-5-7-10-21)19-39(31(40)42)28-26(32)23(43-3)17-24(44-4)27(28)33/h8,11,17-18,21-22H,5-7,9-10,12-16,19H2,1-4H3,(H,34,35,36)/b11-8+. The molecule has 5 rings (SSSR count). The summed E-state index contributed by atoms with van der Waals surface area (Å²) in [6.07, 6.45) is 12.2. The molecule has 1 aromatic carbocycles. The van der Waals surface area contributed by atoms with Crippen LogP contribution in [0.15, 0.2) is 24.4 Å². The lowest BCUT2D eigenvalue weighted by Gasteiger charge is -2.43. The van der Waals surface area contributed by atoms with Gasteiger partial charge in [0.1, 0.15) is 27.4 Å². The number of ether oxygens (including phenoxy) is 2. The molecule has 0 atom stereocenters. The number of hydrogen-bond acceptors (Lipinski definition) is 8. The topological polar surface area (TPSA) is 103 Å². The second-order valence-electron chi connectivity index (χ2n) is 11.7. The fraction of sp³-hybridized carbons (Fsp3) is 0.548. The summed E-state index contributed by atoms with van der Waals surface area (Å²) in [6, 6.07) is 1.39. The Labute approximate surface area is 269 Å². The minimum absolute atomic E-state index is 0.0272. The highest BCUT2D eigenvalue weighted by Crippen LogP contribution is 2.48. The van der Waals surface area contributed by atoms with Crippen LogP contribution in [0.5, 0.6) is 11.5 Å². The summed E-state index contributed by atoms with van der Waals surface area (Å²) < 4.78 is 11.0. The van der Waals surface area contributed by atoms with Crippen LogP contribution in [0.4, 0.5) is 22.2 Å². The van der Waals surface area contributed by atoms with Crippen LogP contribution in [0.25, 0.3) is 0 Å². The molecule has 1 aliphatic carbocycles. The monoisotopic (exact) mass is 645 g/mol. The first kappa shape index (κ1) is 32.1. The van der Waals surface area contributed by atoms with Gasteiger partial charge in [-0.3, -0.25) is 14.6 Å². The van der Waals surface area contributed by atoms with Gasteiger partial charge in [0.25, 0.3) is 0 Å². The fourth-order valence-electron chi connectivity index (χ4n) is 6.10. The minimum Gasteiger partial charge on any atom is -0.495 e. The molecule has 11 nitrogen and oxygen atoms in total. The predicted molar refractivity (Wildman–Crippen MR) is 173 cm³/mol. The molecule has 3 amide bonds. The van der Waals surface area contributed by atoms with Gasteiger partial charge in [-0.2, -0.15) is 4.98 Å². The molecule has 3 aliphatic rings. The molecule has 2 aliphatic heterocycles. The van der Waals surface area contributed by atoms with Gasteiger partial charge in [-0.05, 0) is 39.8 Å². The molecule has 13 heteroatoms. The van der Waals surface area contributed by atoms with E-state index < -0.39 is 0 Å². The zero-order chi connectivity index (χ0) is 31.4. The third-order valence-electron chi connectivity index (χ3n) is 8.47. The summed E-state index contributed by atoms with van der Waals surface area (Å²) in [4.78, 5) is 44.0. The van der Waals surface area contributed by atoms with Gasteiger partial charge in [0, 0.05) is 55.6 Å². The van der Waals surface area contributed by atoms with Crippen LogP contribution in [-0.4, -0.2) is 91.7 Å². The Morgan fingerprint density at radius 3 is 2.34 bits per heavy atom. The first-order valence-electron chi connectivity index (χ1n) is 15.1. The summed E-state index contributed by atoms with van der Waals surface area (Å²) in [5, 5.41) is 3.91. The molecular formula is C31H41Cl2N7O4. The highest BCUT2D eigenvalue weighted by Gasteiger charge is 2.41. The number of likely N-dealkylation sites (N-methyl/N-ethyl adjacent to an activating group) is 1. The summed E-state index contributed by atoms with van der Waals surface area (Å²) in [5.74, 6) is 1.73. The fourth-order valence-corrected chi connectivity index (χ4v) is 6.81. The number of aromatic nitrogens is 2. The Balaban J connectivity index is 1.47. The Kier molecular flexibility index (Phi) is 10.4. The highest BCUT2D eigenvalue weighted by atomic mass is 35.5. The van der Waals surface area contributed by atoms with Crippen LogP contribution in [0.2, 0.25) is 10.0 Å². The van der Waals surface area contributed by atoms with Gasteiger partial charge in [-0.1, -0.05) is 48.5 Å². The lowest BCUT2D eigenvalue weighted by molar-refractivity contribution is -0.127. The van der Waals surface area contributed by atoms with Gasteiger partial charge < -0.3 is 24.6 Å². The Hall–Kier alpha value is -3.28. The number of fused-ring (bicyclic) bond motifs is 1. The Morgan fingerprint density at radius 2 is 1.73 bits per heavy atom. The Bertz CT molecular complexity index is 1360. The highest BCUT2D eigenvalue weighted by molar-refractivity contribution is 6.42. The van der Waals surface area contributed by atoms with Crippen molar-refractivity contribution in [1.29, 1.82) is 0 Å². The number of methoxy groups -OCH3 is 2.